The Bertz CT molecular complexity index is 3800. The van der Waals surface area contributed by atoms with E-state index in [0.717, 1.165) is 109 Å². The van der Waals surface area contributed by atoms with Gasteiger partial charge < -0.3 is 5.11 Å². The highest BCUT2D eigenvalue weighted by atomic mass is 16.3. The summed E-state index contributed by atoms with van der Waals surface area (Å²) in [4.78, 5) is 10.6. The predicted molar refractivity (Wildman–Crippen MR) is 308 cm³/mol. The van der Waals surface area contributed by atoms with Crippen molar-refractivity contribution in [2.75, 3.05) is 0 Å². The average Bonchev–Trinajstić information content (AvgIpc) is 4.29. The molecular formula is C70H65N3O. The van der Waals surface area contributed by atoms with Crippen LogP contribution < -0.4 is 0 Å². The van der Waals surface area contributed by atoms with Gasteiger partial charge in [-0.05, 0) is 154 Å². The van der Waals surface area contributed by atoms with E-state index in [1.54, 1.807) is 0 Å². The van der Waals surface area contributed by atoms with E-state index in [1.807, 2.05) is 97.2 Å². The van der Waals surface area contributed by atoms with Crippen molar-refractivity contribution in [1.82, 2.24) is 14.5 Å². The van der Waals surface area contributed by atoms with Gasteiger partial charge in [0.2, 0.25) is 0 Å². The maximum atomic E-state index is 12.4. The van der Waals surface area contributed by atoms with E-state index in [-0.39, 0.29) is 17.1 Å². The van der Waals surface area contributed by atoms with E-state index in [0.29, 0.717) is 48.2 Å². The number of rotatable bonds is 11. The predicted octanol–water partition coefficient (Wildman–Crippen LogP) is 18.6. The Morgan fingerprint density at radius 2 is 1.14 bits per heavy atom. The molecule has 0 spiro atoms. The molecule has 0 saturated heterocycles. The minimum atomic E-state index is -1.51. The third-order valence-electron chi connectivity index (χ3n) is 15.5. The summed E-state index contributed by atoms with van der Waals surface area (Å²) in [7, 11) is 0. The van der Waals surface area contributed by atoms with Crippen molar-refractivity contribution >= 4 is 11.0 Å². The van der Waals surface area contributed by atoms with Gasteiger partial charge in [0.15, 0.2) is 0 Å². The topological polar surface area (TPSA) is 50.9 Å². The lowest BCUT2D eigenvalue weighted by atomic mass is 9.76. The lowest BCUT2D eigenvalue weighted by Crippen LogP contribution is -2.12. The fourth-order valence-electron chi connectivity index (χ4n) is 11.4. The first-order valence-electron chi connectivity index (χ1n) is 28.6. The van der Waals surface area contributed by atoms with Crippen molar-refractivity contribution in [2.45, 2.75) is 95.7 Å². The number of fused-ring (bicyclic) bond motifs is 1. The number of hydrogen-bond acceptors (Lipinski definition) is 3. The van der Waals surface area contributed by atoms with Crippen LogP contribution in [0.25, 0.3) is 83.9 Å². The smallest absolute Gasteiger partial charge is 0.149 e. The summed E-state index contributed by atoms with van der Waals surface area (Å²) in [6, 6.07) is 68.0. The molecule has 4 nitrogen and oxygen atoms in total. The van der Waals surface area contributed by atoms with Crippen LogP contribution in [0.1, 0.15) is 112 Å². The molecule has 366 valence electrons. The Morgan fingerprint density at radius 1 is 0.527 bits per heavy atom. The summed E-state index contributed by atoms with van der Waals surface area (Å²) in [6.45, 7) is 6.70. The zero-order valence-corrected chi connectivity index (χ0v) is 42.7. The van der Waals surface area contributed by atoms with E-state index in [1.165, 1.54) is 0 Å². The minimum Gasteiger partial charge on any atom is -0.507 e. The molecule has 1 N–H and O–H groups in total. The molecule has 12 rings (SSSR count). The van der Waals surface area contributed by atoms with E-state index in [2.05, 4.69) is 135 Å². The van der Waals surface area contributed by atoms with Gasteiger partial charge in [-0.15, -0.1) is 0 Å². The molecule has 0 bridgehead atoms. The average molecular weight is 968 g/mol. The number of aromatic hydroxyl groups is 1. The van der Waals surface area contributed by atoms with Crippen molar-refractivity contribution in [3.05, 3.63) is 229 Å². The highest BCUT2D eigenvalue weighted by Crippen LogP contribution is 2.45. The molecule has 2 aliphatic carbocycles. The third kappa shape index (κ3) is 9.50. The normalized spacial score (nSPS) is 19.2. The number of pyridine rings is 1. The molecule has 2 heterocycles. The van der Waals surface area contributed by atoms with E-state index in [9.17, 15) is 10.6 Å². The quantitative estimate of drug-likeness (QED) is 0.141. The molecule has 4 heteroatoms. The van der Waals surface area contributed by atoms with Crippen molar-refractivity contribution in [3.8, 4) is 78.6 Å². The summed E-state index contributed by atoms with van der Waals surface area (Å²) < 4.78 is 40.0. The van der Waals surface area contributed by atoms with Crippen molar-refractivity contribution < 1.29 is 10.6 Å². The van der Waals surface area contributed by atoms with Crippen LogP contribution in [0.15, 0.2) is 206 Å². The number of hydrogen-bond donors (Lipinski definition) is 1. The van der Waals surface area contributed by atoms with Crippen LogP contribution in [0, 0.1) is 5.92 Å². The Balaban J connectivity index is 0.976. The minimum absolute atomic E-state index is 0.0497. The zero-order valence-electron chi connectivity index (χ0n) is 46.7. The number of imidazole rings is 1. The van der Waals surface area contributed by atoms with Crippen LogP contribution >= 0.6 is 0 Å². The maximum Gasteiger partial charge on any atom is 0.149 e. The first-order valence-corrected chi connectivity index (χ1v) is 26.6. The van der Waals surface area contributed by atoms with Gasteiger partial charge in [0.05, 0.1) is 28.0 Å². The fourth-order valence-corrected chi connectivity index (χ4v) is 11.4. The summed E-state index contributed by atoms with van der Waals surface area (Å²) >= 11 is 0. The van der Waals surface area contributed by atoms with E-state index in [4.69, 9.17) is 9.97 Å². The second-order valence-corrected chi connectivity index (χ2v) is 21.4. The Kier molecular flexibility index (Phi) is 11.7. The molecule has 0 aliphatic heterocycles. The van der Waals surface area contributed by atoms with Crippen LogP contribution in [0.2, 0.25) is 0 Å². The number of phenolic OH excluding ortho intramolecular Hbond substituents is 1. The van der Waals surface area contributed by atoms with Crippen LogP contribution in [-0.2, 0) is 11.8 Å². The number of aromatic nitrogens is 3. The molecule has 2 aromatic heterocycles. The van der Waals surface area contributed by atoms with E-state index < -0.39 is 18.2 Å². The monoisotopic (exact) mass is 968 g/mol. The molecule has 0 atom stereocenters. The molecule has 0 amide bonds. The maximum absolute atomic E-state index is 12.4. The molecule has 0 unspecified atom stereocenters. The second-order valence-electron chi connectivity index (χ2n) is 21.4. The van der Waals surface area contributed by atoms with Gasteiger partial charge in [-0.25, -0.2) is 4.98 Å². The van der Waals surface area contributed by atoms with Crippen molar-refractivity contribution in [1.29, 1.82) is 0 Å². The lowest BCUT2D eigenvalue weighted by Gasteiger charge is -2.29. The van der Waals surface area contributed by atoms with Gasteiger partial charge >= 0.3 is 0 Å². The highest BCUT2D eigenvalue weighted by Gasteiger charge is 2.27. The molecule has 74 heavy (non-hydrogen) atoms. The number of phenols is 1. The second kappa shape index (κ2) is 20.2. The molecule has 2 saturated carbocycles. The molecule has 10 aromatic rings. The van der Waals surface area contributed by atoms with Gasteiger partial charge in [0.25, 0.3) is 0 Å². The summed E-state index contributed by atoms with van der Waals surface area (Å²) in [5.74, 6) is -0.749. The number of para-hydroxylation sites is 2. The first kappa shape index (κ1) is 42.7. The number of benzene rings is 8. The summed E-state index contributed by atoms with van der Waals surface area (Å²) in [5.41, 5.74) is 15.9. The van der Waals surface area contributed by atoms with Gasteiger partial charge in [0, 0.05) is 33.9 Å². The van der Waals surface area contributed by atoms with Crippen molar-refractivity contribution in [3.63, 3.8) is 0 Å². The highest BCUT2D eigenvalue weighted by molar-refractivity contribution is 5.98. The molecular weight excluding hydrogens is 899 g/mol. The number of nitrogens with zero attached hydrogens (tertiary/aromatic N) is 3. The van der Waals surface area contributed by atoms with Crippen LogP contribution in [0.3, 0.4) is 0 Å². The van der Waals surface area contributed by atoms with Gasteiger partial charge in [-0.2, -0.15) is 0 Å². The molecule has 2 fully saturated rings. The van der Waals surface area contributed by atoms with Crippen molar-refractivity contribution in [2.24, 2.45) is 5.92 Å². The Morgan fingerprint density at radius 3 is 1.82 bits per heavy atom. The van der Waals surface area contributed by atoms with Crippen LogP contribution in [-0.4, -0.2) is 19.6 Å². The standard InChI is InChI=1S/C70H65N3O/c1-70(2,3)59-44-57(43-58(45-59)64-46-56(39-40-71-64)53-36-34-52(35-37-53)51-32-30-50(31-33-51)49-19-7-4-8-20-49)60-25-16-28-66-67(60)72-69(62-27-15-26-61(68(62)74)54-21-9-5-10-22-54)73(66)65-38-29-48(41-47-17-13-14-18-47)42-63(65)55-23-11-6-12-24-55/h4-12,15-16,19-29,34-40,42-47,50-51,74H,13-14,17-18,30-33,41H2,1-3H3/i41D2,50D,51D. The molecule has 8 aromatic carbocycles. The lowest BCUT2D eigenvalue weighted by molar-refractivity contribution is 0.396. The first-order chi connectivity index (χ1) is 37.7. The fraction of sp³-hybridized carbons (Fsp3) is 0.229. The summed E-state index contributed by atoms with van der Waals surface area (Å²) in [6.07, 6.45) is 6.79. The largest absolute Gasteiger partial charge is 0.507 e. The summed E-state index contributed by atoms with van der Waals surface area (Å²) in [5, 5.41) is 12.4. The van der Waals surface area contributed by atoms with Crippen LogP contribution in [0.5, 0.6) is 5.75 Å². The Labute approximate surface area is 443 Å². The van der Waals surface area contributed by atoms with Crippen LogP contribution in [0.4, 0.5) is 0 Å². The zero-order chi connectivity index (χ0) is 53.8. The molecule has 0 radical (unpaired) electrons. The SMILES string of the molecule is [2H]C1(c2ccccc2)CCC([2H])(c2ccc(-c3ccnc(-c4cc(-c5cccc6c5nc(-c5cccc(-c7ccccc7)c5O)n6-c5ccc(C([2H])([2H])C6CCCC6)cc5-c5ccccc5)cc(C(C)(C)C)c4)c3)cc2)CC1. The van der Waals surface area contributed by atoms with Gasteiger partial charge in [-0.3, -0.25) is 9.55 Å². The van der Waals surface area contributed by atoms with E-state index >= 15 is 0 Å². The van der Waals surface area contributed by atoms with Gasteiger partial charge in [-0.1, -0.05) is 198 Å². The van der Waals surface area contributed by atoms with Gasteiger partial charge in [0.1, 0.15) is 11.6 Å². The molecule has 2 aliphatic rings. The third-order valence-corrected chi connectivity index (χ3v) is 15.5. The Hall–Kier alpha value is -7.82.